The molecule has 1 N–H and O–H groups in total. The van der Waals surface area contributed by atoms with E-state index in [9.17, 15) is 4.79 Å². The van der Waals surface area contributed by atoms with Crippen molar-refractivity contribution >= 4 is 28.2 Å². The van der Waals surface area contributed by atoms with E-state index in [1.54, 1.807) is 4.90 Å². The van der Waals surface area contributed by atoms with Gasteiger partial charge in [0.1, 0.15) is 13.2 Å². The number of benzene rings is 1. The van der Waals surface area contributed by atoms with Crippen molar-refractivity contribution in [3.05, 3.63) is 52.4 Å². The van der Waals surface area contributed by atoms with Crippen molar-refractivity contribution in [3.63, 3.8) is 0 Å². The smallest absolute Gasteiger partial charge is 0.257 e. The van der Waals surface area contributed by atoms with Crippen LogP contribution in [-0.2, 0) is 17.6 Å². The Morgan fingerprint density at radius 3 is 2.71 bits per heavy atom. The number of nitrogens with one attached hydrogen (secondary N) is 1. The molecule has 0 saturated carbocycles. The van der Waals surface area contributed by atoms with Crippen molar-refractivity contribution in [1.82, 2.24) is 9.88 Å². The Kier molecular flexibility index (Phi) is 5.46. The standard InChI is InChI=1S/C23H24ClN3O4/c1-25-19-13-15(26-18-5-4-17(24)20(18)19)12-14-2-3-16(22-21(14)30-10-11-31-22)23(28)27-6-8-29-9-7-27/h2-4,13H,5-12H2,1H3,(H,25,26). The van der Waals surface area contributed by atoms with Gasteiger partial charge in [0.25, 0.3) is 5.91 Å². The van der Waals surface area contributed by atoms with Crippen molar-refractivity contribution in [1.29, 1.82) is 0 Å². The summed E-state index contributed by atoms with van der Waals surface area (Å²) in [6.45, 7) is 3.15. The van der Waals surface area contributed by atoms with Crippen LogP contribution in [0.15, 0.2) is 24.3 Å². The summed E-state index contributed by atoms with van der Waals surface area (Å²) in [5, 5.41) is 3.96. The van der Waals surface area contributed by atoms with Gasteiger partial charge in [-0.1, -0.05) is 23.7 Å². The third-order valence-corrected chi connectivity index (χ3v) is 6.14. The van der Waals surface area contributed by atoms with Gasteiger partial charge in [-0.05, 0) is 12.1 Å². The van der Waals surface area contributed by atoms with E-state index < -0.39 is 0 Å². The van der Waals surface area contributed by atoms with Gasteiger partial charge >= 0.3 is 0 Å². The molecule has 3 aliphatic rings. The molecular formula is C23H24ClN3O4. The number of ether oxygens (including phenoxy) is 3. The van der Waals surface area contributed by atoms with Crippen molar-refractivity contribution < 1.29 is 19.0 Å². The van der Waals surface area contributed by atoms with Crippen molar-refractivity contribution in [3.8, 4) is 11.5 Å². The molecule has 1 aliphatic carbocycles. The number of rotatable bonds is 4. The third kappa shape index (κ3) is 3.72. The lowest BCUT2D eigenvalue weighted by molar-refractivity contribution is 0.0298. The van der Waals surface area contributed by atoms with Crippen LogP contribution in [0.1, 0.15) is 32.9 Å². The fourth-order valence-corrected chi connectivity index (χ4v) is 4.57. The molecule has 1 aromatic heterocycles. The maximum Gasteiger partial charge on any atom is 0.257 e. The van der Waals surface area contributed by atoms with Gasteiger partial charge in [0.2, 0.25) is 0 Å². The molecule has 7 nitrogen and oxygen atoms in total. The van der Waals surface area contributed by atoms with E-state index >= 15 is 0 Å². The lowest BCUT2D eigenvalue weighted by Gasteiger charge is -2.29. The monoisotopic (exact) mass is 441 g/mol. The highest BCUT2D eigenvalue weighted by molar-refractivity contribution is 6.49. The maximum absolute atomic E-state index is 13.1. The zero-order chi connectivity index (χ0) is 21.4. The quantitative estimate of drug-likeness (QED) is 0.786. The Morgan fingerprint density at radius 2 is 1.94 bits per heavy atom. The van der Waals surface area contributed by atoms with Gasteiger partial charge in [-0.2, -0.15) is 0 Å². The number of hydrogen-bond acceptors (Lipinski definition) is 6. The topological polar surface area (TPSA) is 72.9 Å². The van der Waals surface area contributed by atoms with E-state index in [2.05, 4.69) is 5.32 Å². The first-order valence-corrected chi connectivity index (χ1v) is 10.9. The number of halogens is 1. The number of allylic oxidation sites excluding steroid dienone is 1. The van der Waals surface area contributed by atoms with E-state index in [1.165, 1.54) is 0 Å². The van der Waals surface area contributed by atoms with Crippen LogP contribution in [-0.4, -0.2) is 62.4 Å². The number of hydrogen-bond donors (Lipinski definition) is 1. The predicted octanol–water partition coefficient (Wildman–Crippen LogP) is 3.09. The molecule has 3 heterocycles. The zero-order valence-electron chi connectivity index (χ0n) is 17.4. The molecule has 0 unspecified atom stereocenters. The molecule has 8 heteroatoms. The molecule has 0 atom stereocenters. The van der Waals surface area contributed by atoms with Crippen LogP contribution in [0.4, 0.5) is 5.69 Å². The number of fused-ring (bicyclic) bond motifs is 2. The summed E-state index contributed by atoms with van der Waals surface area (Å²) < 4.78 is 17.3. The van der Waals surface area contributed by atoms with E-state index in [1.807, 2.05) is 31.3 Å². The zero-order valence-corrected chi connectivity index (χ0v) is 18.1. The summed E-state index contributed by atoms with van der Waals surface area (Å²) in [6.07, 6.45) is 3.27. The largest absolute Gasteiger partial charge is 0.486 e. The minimum atomic E-state index is -0.0505. The van der Waals surface area contributed by atoms with Crippen LogP contribution in [0.25, 0.3) is 5.03 Å². The first-order valence-electron chi connectivity index (χ1n) is 10.5. The fourth-order valence-electron chi connectivity index (χ4n) is 4.28. The SMILES string of the molecule is CNc1cc(Cc2ccc(C(=O)N3CCOCC3)c3c2OCCO3)nc2c1C(Cl)=CC2. The average Bonchev–Trinajstić information content (AvgIpc) is 3.19. The molecule has 1 fully saturated rings. The molecule has 0 bridgehead atoms. The van der Waals surface area contributed by atoms with Gasteiger partial charge in [0.05, 0.1) is 24.5 Å². The normalized spacial score (nSPS) is 17.2. The lowest BCUT2D eigenvalue weighted by Crippen LogP contribution is -2.41. The molecule has 5 rings (SSSR count). The Morgan fingerprint density at radius 1 is 1.16 bits per heavy atom. The minimum Gasteiger partial charge on any atom is -0.486 e. The maximum atomic E-state index is 13.1. The van der Waals surface area contributed by atoms with E-state index in [0.717, 1.165) is 39.7 Å². The summed E-state index contributed by atoms with van der Waals surface area (Å²) in [4.78, 5) is 19.7. The highest BCUT2D eigenvalue weighted by Crippen LogP contribution is 2.40. The fraction of sp³-hybridized carbons (Fsp3) is 0.391. The number of amides is 1. The van der Waals surface area contributed by atoms with Crippen LogP contribution in [0.5, 0.6) is 11.5 Å². The summed E-state index contributed by atoms with van der Waals surface area (Å²) in [5.74, 6) is 1.11. The molecular weight excluding hydrogens is 418 g/mol. The van der Waals surface area contributed by atoms with Crippen LogP contribution >= 0.6 is 11.6 Å². The van der Waals surface area contributed by atoms with Gasteiger partial charge in [0.15, 0.2) is 11.5 Å². The number of aromatic nitrogens is 1. The van der Waals surface area contributed by atoms with Gasteiger partial charge in [-0.15, -0.1) is 0 Å². The van der Waals surface area contributed by atoms with Crippen molar-refractivity contribution in [2.24, 2.45) is 0 Å². The minimum absolute atomic E-state index is 0.0505. The van der Waals surface area contributed by atoms with Crippen molar-refractivity contribution in [2.45, 2.75) is 12.8 Å². The van der Waals surface area contributed by atoms with Crippen LogP contribution < -0.4 is 14.8 Å². The average molecular weight is 442 g/mol. The van der Waals surface area contributed by atoms with Crippen molar-refractivity contribution in [2.75, 3.05) is 51.9 Å². The number of pyridine rings is 1. The number of anilines is 1. The summed E-state index contributed by atoms with van der Waals surface area (Å²) in [6, 6.07) is 5.80. The first-order chi connectivity index (χ1) is 15.2. The van der Waals surface area contributed by atoms with Crippen LogP contribution in [0.3, 0.4) is 0 Å². The van der Waals surface area contributed by atoms with Gasteiger partial charge in [-0.25, -0.2) is 0 Å². The number of nitrogens with zero attached hydrogens (tertiary/aromatic N) is 2. The number of carbonyl (C=O) groups is 1. The first kappa shape index (κ1) is 20.2. The predicted molar refractivity (Wildman–Crippen MR) is 118 cm³/mol. The molecule has 0 radical (unpaired) electrons. The molecule has 0 spiro atoms. The van der Waals surface area contributed by atoms with Crippen LogP contribution in [0.2, 0.25) is 0 Å². The molecule has 31 heavy (non-hydrogen) atoms. The lowest BCUT2D eigenvalue weighted by atomic mass is 10.0. The summed E-state index contributed by atoms with van der Waals surface area (Å²) in [7, 11) is 1.88. The van der Waals surface area contributed by atoms with E-state index in [4.69, 9.17) is 30.8 Å². The Balaban J connectivity index is 1.48. The second-order valence-electron chi connectivity index (χ2n) is 7.70. The molecule has 1 saturated heterocycles. The molecule has 2 aromatic rings. The number of carbonyl (C=O) groups excluding carboxylic acids is 1. The summed E-state index contributed by atoms with van der Waals surface area (Å²) in [5.41, 5.74) is 5.29. The highest BCUT2D eigenvalue weighted by atomic mass is 35.5. The number of morpholine rings is 1. The Labute approximate surface area is 185 Å². The molecule has 2 aliphatic heterocycles. The van der Waals surface area contributed by atoms with Gasteiger partial charge in [0, 0.05) is 60.5 Å². The molecule has 1 aromatic carbocycles. The second kappa shape index (κ2) is 8.40. The Bertz CT molecular complexity index is 1060. The van der Waals surface area contributed by atoms with Gasteiger partial charge in [-0.3, -0.25) is 9.78 Å². The Hall–Kier alpha value is -2.77. The summed E-state index contributed by atoms with van der Waals surface area (Å²) >= 11 is 6.35. The van der Waals surface area contributed by atoms with E-state index in [0.29, 0.717) is 63.0 Å². The molecule has 162 valence electrons. The van der Waals surface area contributed by atoms with Gasteiger partial charge < -0.3 is 24.4 Å². The highest BCUT2D eigenvalue weighted by Gasteiger charge is 2.28. The third-order valence-electron chi connectivity index (χ3n) is 5.80. The molecule has 1 amide bonds. The van der Waals surface area contributed by atoms with E-state index in [-0.39, 0.29) is 5.91 Å². The van der Waals surface area contributed by atoms with Crippen LogP contribution in [0, 0.1) is 0 Å². The second-order valence-corrected chi connectivity index (χ2v) is 8.11.